The number of alkyl halides is 1. The zero-order chi connectivity index (χ0) is 12.1. The largest absolute Gasteiger partial charge is 0.356 e. The zero-order valence-corrected chi connectivity index (χ0v) is 12.1. The van der Waals surface area contributed by atoms with Crippen LogP contribution in [0.5, 0.6) is 0 Å². The van der Waals surface area contributed by atoms with Crippen LogP contribution in [0.2, 0.25) is 0 Å². The summed E-state index contributed by atoms with van der Waals surface area (Å²) in [6.45, 7) is 0.828. The number of fused-ring (bicyclic) bond motifs is 1. The van der Waals surface area contributed by atoms with Crippen LogP contribution in [0.4, 0.5) is 0 Å². The molecule has 0 bridgehead atoms. The molecular formula is C14H18INO. The van der Waals surface area contributed by atoms with Gasteiger partial charge in [0.15, 0.2) is 0 Å². The zero-order valence-electron chi connectivity index (χ0n) is 9.92. The molecule has 1 aromatic carbocycles. The van der Waals surface area contributed by atoms with Crippen molar-refractivity contribution < 1.29 is 4.79 Å². The monoisotopic (exact) mass is 343 g/mol. The predicted molar refractivity (Wildman–Crippen MR) is 78.5 cm³/mol. The summed E-state index contributed by atoms with van der Waals surface area (Å²) < 4.78 is 1.17. The first-order valence-corrected chi connectivity index (χ1v) is 7.74. The first-order chi connectivity index (χ1) is 8.31. The number of carbonyl (C=O) groups is 1. The Morgan fingerprint density at radius 1 is 1.24 bits per heavy atom. The molecule has 92 valence electrons. The minimum atomic E-state index is 0.159. The van der Waals surface area contributed by atoms with E-state index in [-0.39, 0.29) is 11.8 Å². The van der Waals surface area contributed by atoms with E-state index in [2.05, 4.69) is 52.2 Å². The summed E-state index contributed by atoms with van der Waals surface area (Å²) in [6, 6.07) is 8.39. The van der Waals surface area contributed by atoms with Gasteiger partial charge in [0.25, 0.3) is 0 Å². The third-order valence-electron chi connectivity index (χ3n) is 3.28. The molecule has 0 saturated carbocycles. The first kappa shape index (κ1) is 12.9. The molecule has 1 N–H and O–H groups in total. The molecule has 0 spiro atoms. The van der Waals surface area contributed by atoms with Crippen LogP contribution in [0, 0.1) is 5.92 Å². The van der Waals surface area contributed by atoms with E-state index in [4.69, 9.17) is 0 Å². The van der Waals surface area contributed by atoms with Crippen molar-refractivity contribution in [3.05, 3.63) is 35.4 Å². The number of amides is 1. The fraction of sp³-hybridized carbons (Fsp3) is 0.500. The lowest BCUT2D eigenvalue weighted by molar-refractivity contribution is -0.124. The molecule has 1 aliphatic carbocycles. The molecule has 17 heavy (non-hydrogen) atoms. The van der Waals surface area contributed by atoms with E-state index >= 15 is 0 Å². The molecule has 3 heteroatoms. The maximum absolute atomic E-state index is 12.0. The van der Waals surface area contributed by atoms with Gasteiger partial charge in [0.2, 0.25) is 5.91 Å². The van der Waals surface area contributed by atoms with Crippen molar-refractivity contribution in [1.82, 2.24) is 5.32 Å². The van der Waals surface area contributed by atoms with Crippen molar-refractivity contribution in [2.75, 3.05) is 11.0 Å². The highest BCUT2D eigenvalue weighted by Gasteiger charge is 2.26. The van der Waals surface area contributed by atoms with E-state index in [1.807, 2.05) is 0 Å². The highest BCUT2D eigenvalue weighted by molar-refractivity contribution is 14.1. The number of unbranched alkanes of at least 4 members (excludes halogenated alkanes) is 1. The number of rotatable bonds is 5. The molecule has 2 nitrogen and oxygen atoms in total. The second-order valence-electron chi connectivity index (χ2n) is 4.56. The van der Waals surface area contributed by atoms with Gasteiger partial charge in [-0.25, -0.2) is 0 Å². The summed E-state index contributed by atoms with van der Waals surface area (Å²) in [7, 11) is 0. The smallest absolute Gasteiger partial charge is 0.223 e. The quantitative estimate of drug-likeness (QED) is 0.497. The minimum absolute atomic E-state index is 0.159. The maximum atomic E-state index is 12.0. The van der Waals surface area contributed by atoms with Crippen LogP contribution >= 0.6 is 22.6 Å². The summed E-state index contributed by atoms with van der Waals surface area (Å²) in [6.07, 6.45) is 4.10. The summed E-state index contributed by atoms with van der Waals surface area (Å²) in [5.74, 6) is 0.390. The lowest BCUT2D eigenvalue weighted by Crippen LogP contribution is -2.31. The number of carbonyl (C=O) groups excluding carboxylic acids is 1. The fourth-order valence-electron chi connectivity index (χ4n) is 2.32. The van der Waals surface area contributed by atoms with Crippen molar-refractivity contribution in [3.8, 4) is 0 Å². The van der Waals surface area contributed by atoms with E-state index in [0.29, 0.717) is 0 Å². The Kier molecular flexibility index (Phi) is 4.83. The third-order valence-corrected chi connectivity index (χ3v) is 4.04. The Morgan fingerprint density at radius 3 is 2.47 bits per heavy atom. The van der Waals surface area contributed by atoms with Gasteiger partial charge in [-0.3, -0.25) is 4.79 Å². The fourth-order valence-corrected chi connectivity index (χ4v) is 2.86. The van der Waals surface area contributed by atoms with Crippen LogP contribution in [0.1, 0.15) is 24.0 Å². The lowest BCUT2D eigenvalue weighted by Gasteiger charge is -2.09. The van der Waals surface area contributed by atoms with Crippen LogP contribution in [0.3, 0.4) is 0 Å². The van der Waals surface area contributed by atoms with Crippen LogP contribution in [0.15, 0.2) is 24.3 Å². The molecule has 0 aromatic heterocycles. The van der Waals surface area contributed by atoms with Crippen LogP contribution in [-0.4, -0.2) is 16.9 Å². The van der Waals surface area contributed by atoms with E-state index in [0.717, 1.165) is 25.8 Å². The Balaban J connectivity index is 1.80. The highest BCUT2D eigenvalue weighted by Crippen LogP contribution is 2.26. The molecule has 1 amide bonds. The van der Waals surface area contributed by atoms with Gasteiger partial charge in [-0.1, -0.05) is 46.9 Å². The summed E-state index contributed by atoms with van der Waals surface area (Å²) in [5, 5.41) is 3.05. The number of halogens is 1. The van der Waals surface area contributed by atoms with Gasteiger partial charge in [-0.15, -0.1) is 0 Å². The van der Waals surface area contributed by atoms with Gasteiger partial charge in [0, 0.05) is 12.5 Å². The molecule has 0 radical (unpaired) electrons. The predicted octanol–water partition coefficient (Wildman–Crippen LogP) is 2.73. The Hall–Kier alpha value is -0.580. The third kappa shape index (κ3) is 3.44. The number of nitrogens with one attached hydrogen (secondary N) is 1. The summed E-state index contributed by atoms with van der Waals surface area (Å²) in [4.78, 5) is 12.0. The highest BCUT2D eigenvalue weighted by atomic mass is 127. The van der Waals surface area contributed by atoms with Crippen molar-refractivity contribution in [1.29, 1.82) is 0 Å². The lowest BCUT2D eigenvalue weighted by atomic mass is 10.1. The summed E-state index contributed by atoms with van der Waals surface area (Å²) in [5.41, 5.74) is 2.69. The minimum Gasteiger partial charge on any atom is -0.356 e. The molecule has 2 rings (SSSR count). The van der Waals surface area contributed by atoms with Crippen LogP contribution in [0.25, 0.3) is 0 Å². The molecule has 0 fully saturated rings. The number of benzene rings is 1. The molecule has 0 aliphatic heterocycles. The molecule has 0 saturated heterocycles. The normalized spacial score (nSPS) is 14.6. The second-order valence-corrected chi connectivity index (χ2v) is 5.64. The topological polar surface area (TPSA) is 29.1 Å². The molecule has 1 aliphatic rings. The Labute approximate surface area is 116 Å². The standard InChI is InChI=1S/C14H18INO/c15-7-3-4-8-16-14(17)13-9-11-5-1-2-6-12(11)10-13/h1-2,5-6,13H,3-4,7-10H2,(H,16,17). The van der Waals surface area contributed by atoms with Crippen molar-refractivity contribution in [3.63, 3.8) is 0 Å². The SMILES string of the molecule is O=C(NCCCCI)C1Cc2ccccc2C1. The van der Waals surface area contributed by atoms with Crippen LogP contribution < -0.4 is 5.32 Å². The number of hydrogen-bond donors (Lipinski definition) is 1. The van der Waals surface area contributed by atoms with E-state index in [1.165, 1.54) is 22.0 Å². The first-order valence-electron chi connectivity index (χ1n) is 6.21. The average molecular weight is 343 g/mol. The molecule has 0 atom stereocenters. The van der Waals surface area contributed by atoms with Gasteiger partial charge < -0.3 is 5.32 Å². The Morgan fingerprint density at radius 2 is 1.88 bits per heavy atom. The van der Waals surface area contributed by atoms with E-state index in [1.54, 1.807) is 0 Å². The number of hydrogen-bond acceptors (Lipinski definition) is 1. The van der Waals surface area contributed by atoms with E-state index < -0.39 is 0 Å². The molecule has 1 aromatic rings. The van der Waals surface area contributed by atoms with Gasteiger partial charge in [-0.2, -0.15) is 0 Å². The van der Waals surface area contributed by atoms with Gasteiger partial charge in [0.1, 0.15) is 0 Å². The van der Waals surface area contributed by atoms with Crippen molar-refractivity contribution >= 4 is 28.5 Å². The van der Waals surface area contributed by atoms with Gasteiger partial charge >= 0.3 is 0 Å². The van der Waals surface area contributed by atoms with Crippen LogP contribution in [-0.2, 0) is 17.6 Å². The van der Waals surface area contributed by atoms with Crippen molar-refractivity contribution in [2.24, 2.45) is 5.92 Å². The molecule has 0 heterocycles. The Bertz CT molecular complexity index is 367. The van der Waals surface area contributed by atoms with E-state index in [9.17, 15) is 4.79 Å². The van der Waals surface area contributed by atoms with Gasteiger partial charge in [0.05, 0.1) is 0 Å². The molecular weight excluding hydrogens is 325 g/mol. The van der Waals surface area contributed by atoms with Gasteiger partial charge in [-0.05, 0) is 41.2 Å². The molecule has 0 unspecified atom stereocenters. The average Bonchev–Trinajstić information content (AvgIpc) is 2.78. The second kappa shape index (κ2) is 6.38. The summed E-state index contributed by atoms with van der Waals surface area (Å²) >= 11 is 2.37. The maximum Gasteiger partial charge on any atom is 0.223 e. The van der Waals surface area contributed by atoms with Crippen molar-refractivity contribution in [2.45, 2.75) is 25.7 Å².